The molecule has 4 heterocycles. The quantitative estimate of drug-likeness (QED) is 0.504. The van der Waals surface area contributed by atoms with Crippen molar-refractivity contribution in [2.24, 2.45) is 0 Å². The van der Waals surface area contributed by atoms with E-state index in [9.17, 15) is 19.2 Å². The van der Waals surface area contributed by atoms with Gasteiger partial charge in [0.15, 0.2) is 0 Å². The fraction of sp³-hybridized carbons (Fsp3) is 0.409. The molecule has 33 heavy (non-hydrogen) atoms. The summed E-state index contributed by atoms with van der Waals surface area (Å²) in [6, 6.07) is 4.33. The lowest BCUT2D eigenvalue weighted by atomic mass is 10.0. The molecular formula is C22H23ClN6O4. The van der Waals surface area contributed by atoms with Crippen molar-refractivity contribution in [3.63, 3.8) is 0 Å². The van der Waals surface area contributed by atoms with Crippen molar-refractivity contribution in [3.8, 4) is 0 Å². The fourth-order valence-corrected chi connectivity index (χ4v) is 4.82. The highest BCUT2D eigenvalue weighted by Crippen LogP contribution is 2.32. The van der Waals surface area contributed by atoms with Gasteiger partial charge in [-0.3, -0.25) is 34.1 Å². The number of aromatic nitrogens is 2. The van der Waals surface area contributed by atoms with Crippen LogP contribution in [-0.2, 0) is 16.1 Å². The Bertz CT molecular complexity index is 1140. The number of benzene rings is 1. The van der Waals surface area contributed by atoms with Gasteiger partial charge >= 0.3 is 0 Å². The Morgan fingerprint density at radius 1 is 1.09 bits per heavy atom. The Kier molecular flexibility index (Phi) is 5.63. The van der Waals surface area contributed by atoms with Crippen LogP contribution in [0.2, 0.25) is 0 Å². The second kappa shape index (κ2) is 8.60. The average molecular weight is 471 g/mol. The van der Waals surface area contributed by atoms with Gasteiger partial charge in [-0.2, -0.15) is 5.10 Å². The summed E-state index contributed by atoms with van der Waals surface area (Å²) in [5, 5.41) is 9.93. The molecule has 2 aromatic rings. The van der Waals surface area contributed by atoms with Crippen LogP contribution in [0.3, 0.4) is 0 Å². The monoisotopic (exact) mass is 470 g/mol. The van der Waals surface area contributed by atoms with Gasteiger partial charge in [0.2, 0.25) is 11.8 Å². The number of carbonyl (C=O) groups excluding carboxylic acids is 4. The molecule has 2 N–H and O–H groups in total. The van der Waals surface area contributed by atoms with E-state index in [4.69, 9.17) is 11.8 Å². The third kappa shape index (κ3) is 4.00. The largest absolute Gasteiger partial charge is 0.380 e. The summed E-state index contributed by atoms with van der Waals surface area (Å²) < 4.78 is 3.74. The van der Waals surface area contributed by atoms with E-state index in [-0.39, 0.29) is 24.0 Å². The summed E-state index contributed by atoms with van der Waals surface area (Å²) in [7, 11) is 0. The number of imide groups is 2. The lowest BCUT2D eigenvalue weighted by Crippen LogP contribution is -2.54. The molecule has 0 spiro atoms. The number of piperidine rings is 2. The highest BCUT2D eigenvalue weighted by molar-refractivity contribution is 6.25. The van der Waals surface area contributed by atoms with Gasteiger partial charge in [-0.05, 0) is 43.2 Å². The summed E-state index contributed by atoms with van der Waals surface area (Å²) in [6.07, 6.45) is 5.83. The van der Waals surface area contributed by atoms with Crippen molar-refractivity contribution >= 4 is 41.1 Å². The van der Waals surface area contributed by atoms with E-state index in [0.717, 1.165) is 36.4 Å². The number of amides is 4. The number of hydrogen-bond acceptors (Lipinski definition) is 7. The minimum atomic E-state index is -0.986. The van der Waals surface area contributed by atoms with Crippen LogP contribution in [0.15, 0.2) is 30.6 Å². The molecular weight excluding hydrogens is 448 g/mol. The summed E-state index contributed by atoms with van der Waals surface area (Å²) >= 11 is 6.04. The molecule has 3 aliphatic rings. The number of anilines is 1. The first kappa shape index (κ1) is 21.6. The minimum absolute atomic E-state index is 0.0861. The zero-order valence-electron chi connectivity index (χ0n) is 17.8. The molecule has 2 saturated heterocycles. The molecule has 10 nitrogen and oxygen atoms in total. The van der Waals surface area contributed by atoms with Crippen molar-refractivity contribution in [1.29, 1.82) is 0 Å². The summed E-state index contributed by atoms with van der Waals surface area (Å²) in [4.78, 5) is 50.8. The van der Waals surface area contributed by atoms with Crippen LogP contribution in [-0.4, -0.2) is 61.9 Å². The predicted molar refractivity (Wildman–Crippen MR) is 118 cm³/mol. The zero-order valence-corrected chi connectivity index (χ0v) is 18.5. The highest BCUT2D eigenvalue weighted by Gasteiger charge is 2.45. The maximum Gasteiger partial charge on any atom is 0.264 e. The number of nitrogens with one attached hydrogen (secondary N) is 2. The molecule has 4 amide bonds. The van der Waals surface area contributed by atoms with Crippen molar-refractivity contribution < 1.29 is 19.2 Å². The molecule has 11 heteroatoms. The normalized spacial score (nSPS) is 22.0. The molecule has 0 radical (unpaired) electrons. The second-order valence-electron chi connectivity index (χ2n) is 8.50. The van der Waals surface area contributed by atoms with Crippen LogP contribution in [0.4, 0.5) is 5.69 Å². The van der Waals surface area contributed by atoms with E-state index in [1.54, 1.807) is 28.8 Å². The third-order valence-electron chi connectivity index (χ3n) is 6.39. The molecule has 1 aromatic heterocycles. The van der Waals surface area contributed by atoms with Gasteiger partial charge in [0.05, 0.1) is 23.4 Å². The average Bonchev–Trinajstić information content (AvgIpc) is 3.37. The van der Waals surface area contributed by atoms with Gasteiger partial charge in [0, 0.05) is 43.5 Å². The molecule has 1 atom stereocenters. The lowest BCUT2D eigenvalue weighted by molar-refractivity contribution is -0.136. The Labute approximate surface area is 195 Å². The standard InChI is InChI=1S/C22H23ClN6O4/c23-27-8-6-14(7-9-27)28-12-13(11-25-28)10-24-16-3-1-2-15-19(16)22(33)29(21(15)32)17-4-5-18(30)26-20(17)31/h1-3,11-12,14,17,24H,4-10H2,(H,26,30,31). The van der Waals surface area contributed by atoms with Gasteiger partial charge in [-0.15, -0.1) is 0 Å². The van der Waals surface area contributed by atoms with E-state index in [1.165, 1.54) is 0 Å². The number of hydrogen-bond donors (Lipinski definition) is 2. The van der Waals surface area contributed by atoms with Gasteiger partial charge in [-0.1, -0.05) is 6.07 Å². The van der Waals surface area contributed by atoms with E-state index in [1.807, 2.05) is 10.9 Å². The fourth-order valence-electron chi connectivity index (χ4n) is 4.63. The molecule has 0 bridgehead atoms. The topological polar surface area (TPSA) is 117 Å². The number of nitrogens with zero attached hydrogens (tertiary/aromatic N) is 4. The van der Waals surface area contributed by atoms with Crippen molar-refractivity contribution in [1.82, 2.24) is 24.4 Å². The van der Waals surface area contributed by atoms with Crippen LogP contribution in [0.5, 0.6) is 0 Å². The first-order valence-corrected chi connectivity index (χ1v) is 11.3. The van der Waals surface area contributed by atoms with Crippen molar-refractivity contribution in [2.75, 3.05) is 18.4 Å². The molecule has 1 unspecified atom stereocenters. The molecule has 1 aromatic carbocycles. The van der Waals surface area contributed by atoms with Crippen LogP contribution in [0, 0.1) is 0 Å². The van der Waals surface area contributed by atoms with Crippen LogP contribution in [0.25, 0.3) is 0 Å². The van der Waals surface area contributed by atoms with Gasteiger partial charge in [-0.25, -0.2) is 4.42 Å². The summed E-state index contributed by atoms with van der Waals surface area (Å²) in [6.45, 7) is 2.05. The smallest absolute Gasteiger partial charge is 0.264 e. The first-order chi connectivity index (χ1) is 15.9. The SMILES string of the molecule is O=C1CCC(N2C(=O)c3cccc(NCc4cnn(C5CCN(Cl)CC5)c4)c3C2=O)C(=O)N1. The predicted octanol–water partition coefficient (Wildman–Crippen LogP) is 1.69. The van der Waals surface area contributed by atoms with Crippen LogP contribution < -0.4 is 10.6 Å². The number of halogens is 1. The molecule has 2 fully saturated rings. The highest BCUT2D eigenvalue weighted by atomic mass is 35.5. The van der Waals surface area contributed by atoms with E-state index >= 15 is 0 Å². The summed E-state index contributed by atoms with van der Waals surface area (Å²) in [5.74, 6) is -2.07. The maximum absolute atomic E-state index is 13.2. The van der Waals surface area contributed by atoms with Crippen molar-refractivity contribution in [2.45, 2.75) is 44.3 Å². The van der Waals surface area contributed by atoms with E-state index < -0.39 is 29.7 Å². The van der Waals surface area contributed by atoms with Crippen molar-refractivity contribution in [3.05, 3.63) is 47.3 Å². The van der Waals surface area contributed by atoms with E-state index in [2.05, 4.69) is 15.7 Å². The molecule has 0 aliphatic carbocycles. The van der Waals surface area contributed by atoms with Gasteiger partial charge < -0.3 is 5.32 Å². The first-order valence-electron chi connectivity index (χ1n) is 10.9. The Morgan fingerprint density at radius 2 is 1.88 bits per heavy atom. The lowest BCUT2D eigenvalue weighted by Gasteiger charge is -2.27. The zero-order chi connectivity index (χ0) is 23.1. The Hall–Kier alpha value is -3.24. The third-order valence-corrected chi connectivity index (χ3v) is 6.73. The molecule has 172 valence electrons. The number of rotatable bonds is 5. The van der Waals surface area contributed by atoms with Gasteiger partial charge in [0.1, 0.15) is 6.04 Å². The van der Waals surface area contributed by atoms with E-state index in [0.29, 0.717) is 18.3 Å². The second-order valence-corrected chi connectivity index (χ2v) is 8.98. The van der Waals surface area contributed by atoms with Gasteiger partial charge in [0.25, 0.3) is 11.8 Å². The van der Waals surface area contributed by atoms with Crippen LogP contribution in [0.1, 0.15) is 58.0 Å². The minimum Gasteiger partial charge on any atom is -0.380 e. The molecule has 3 aliphatic heterocycles. The number of fused-ring (bicyclic) bond motifs is 1. The Morgan fingerprint density at radius 3 is 2.64 bits per heavy atom. The summed E-state index contributed by atoms with van der Waals surface area (Å²) in [5.41, 5.74) is 1.95. The maximum atomic E-state index is 13.2. The molecule has 5 rings (SSSR count). The Balaban J connectivity index is 1.31. The van der Waals surface area contributed by atoms with Crippen LogP contribution >= 0.6 is 11.8 Å². The molecule has 0 saturated carbocycles. The number of carbonyl (C=O) groups is 4.